The topological polar surface area (TPSA) is 71.4 Å². The van der Waals surface area contributed by atoms with E-state index in [4.69, 9.17) is 0 Å². The summed E-state index contributed by atoms with van der Waals surface area (Å²) in [5, 5.41) is 0. The number of sulfonamides is 1. The molecule has 0 bridgehead atoms. The first-order chi connectivity index (χ1) is 16.0. The molecule has 1 unspecified atom stereocenters. The average molecular weight is 458 g/mol. The van der Waals surface area contributed by atoms with Crippen molar-refractivity contribution in [1.82, 2.24) is 9.47 Å². The van der Waals surface area contributed by atoms with Gasteiger partial charge >= 0.3 is 0 Å². The Morgan fingerprint density at radius 3 is 2.15 bits per heavy atom. The molecule has 7 heteroatoms. The Morgan fingerprint density at radius 1 is 0.788 bits per heavy atom. The second-order valence-electron chi connectivity index (χ2n) is 7.93. The molecule has 1 amide bonds. The minimum Gasteiger partial charge on any atom is -0.348 e. The summed E-state index contributed by atoms with van der Waals surface area (Å²) in [6.07, 6.45) is 2.04. The Kier molecular flexibility index (Phi) is 5.48. The number of nitrogens with zero attached hydrogens (tertiary/aromatic N) is 2. The molecule has 2 heterocycles. The van der Waals surface area contributed by atoms with Gasteiger partial charge in [-0.2, -0.15) is 0 Å². The predicted octanol–water partition coefficient (Wildman–Crippen LogP) is 4.53. The molecule has 0 aliphatic carbocycles. The molecule has 0 saturated heterocycles. The van der Waals surface area contributed by atoms with Gasteiger partial charge in [0.05, 0.1) is 10.9 Å². The smallest absolute Gasteiger partial charge is 0.261 e. The largest absolute Gasteiger partial charge is 0.348 e. The van der Waals surface area contributed by atoms with Crippen molar-refractivity contribution in [1.29, 1.82) is 0 Å². The lowest BCUT2D eigenvalue weighted by molar-refractivity contribution is 0.0664. The number of carbonyl (C=O) groups is 1. The average Bonchev–Trinajstić information content (AvgIpc) is 3.33. The third-order valence-electron chi connectivity index (χ3n) is 5.85. The summed E-state index contributed by atoms with van der Waals surface area (Å²) in [7, 11) is -3.69. The molecule has 0 fully saturated rings. The molecule has 1 aliphatic rings. The third-order valence-corrected chi connectivity index (χ3v) is 7.25. The monoisotopic (exact) mass is 457 g/mol. The van der Waals surface area contributed by atoms with Crippen molar-refractivity contribution < 1.29 is 13.2 Å². The molecular weight excluding hydrogens is 434 g/mol. The molecule has 3 aromatic carbocycles. The number of amides is 1. The van der Waals surface area contributed by atoms with Crippen LogP contribution in [0.4, 0.5) is 5.69 Å². The lowest BCUT2D eigenvalue weighted by Gasteiger charge is -2.37. The summed E-state index contributed by atoms with van der Waals surface area (Å²) < 4.78 is 29.9. The van der Waals surface area contributed by atoms with E-state index in [1.54, 1.807) is 42.5 Å². The predicted molar refractivity (Wildman–Crippen MR) is 127 cm³/mol. The zero-order valence-corrected chi connectivity index (χ0v) is 18.7. The van der Waals surface area contributed by atoms with E-state index in [-0.39, 0.29) is 16.8 Å². The molecule has 6 nitrogen and oxygen atoms in total. The molecule has 4 aromatic rings. The summed E-state index contributed by atoms with van der Waals surface area (Å²) in [5.74, 6) is -0.0891. The molecule has 33 heavy (non-hydrogen) atoms. The summed E-state index contributed by atoms with van der Waals surface area (Å²) in [6, 6.07) is 28.6. The summed E-state index contributed by atoms with van der Waals surface area (Å²) in [4.78, 5) is 15.6. The normalized spacial score (nSPS) is 15.6. The highest BCUT2D eigenvalue weighted by atomic mass is 32.2. The molecule has 1 N–H and O–H groups in total. The maximum atomic E-state index is 13.5. The van der Waals surface area contributed by atoms with Crippen LogP contribution in [0.5, 0.6) is 0 Å². The van der Waals surface area contributed by atoms with Crippen molar-refractivity contribution >= 4 is 21.6 Å². The van der Waals surface area contributed by atoms with Gasteiger partial charge in [0.2, 0.25) is 0 Å². The molecular formula is C26H23N3O3S. The van der Waals surface area contributed by atoms with Crippen molar-refractivity contribution in [3.63, 3.8) is 0 Å². The zero-order chi connectivity index (χ0) is 22.8. The number of fused-ring (bicyclic) bond motifs is 1. The van der Waals surface area contributed by atoms with Crippen LogP contribution in [-0.2, 0) is 16.6 Å². The third kappa shape index (κ3) is 4.15. The van der Waals surface area contributed by atoms with Crippen LogP contribution < -0.4 is 4.72 Å². The SMILES string of the molecule is O=C(c1ccc(NS(=O)(=O)c2ccccc2)cc1)N1CCn2cccc2C1c1ccccc1. The Labute approximate surface area is 193 Å². The van der Waals surface area contributed by atoms with Gasteiger partial charge in [0.15, 0.2) is 0 Å². The number of carbonyl (C=O) groups excluding carboxylic acids is 1. The number of rotatable bonds is 5. The molecule has 1 aliphatic heterocycles. The fraction of sp³-hybridized carbons (Fsp3) is 0.115. The van der Waals surface area contributed by atoms with E-state index in [0.717, 1.165) is 17.8 Å². The molecule has 0 spiro atoms. The van der Waals surface area contributed by atoms with Crippen LogP contribution in [0, 0.1) is 0 Å². The first kappa shape index (κ1) is 21.0. The van der Waals surface area contributed by atoms with E-state index in [0.29, 0.717) is 17.8 Å². The summed E-state index contributed by atoms with van der Waals surface area (Å²) in [6.45, 7) is 1.31. The second-order valence-corrected chi connectivity index (χ2v) is 9.62. The van der Waals surface area contributed by atoms with E-state index in [1.165, 1.54) is 12.1 Å². The summed E-state index contributed by atoms with van der Waals surface area (Å²) in [5.41, 5.74) is 3.05. The van der Waals surface area contributed by atoms with Crippen molar-refractivity contribution in [2.45, 2.75) is 17.5 Å². The number of anilines is 1. The van der Waals surface area contributed by atoms with Crippen molar-refractivity contribution in [3.05, 3.63) is 120 Å². The molecule has 166 valence electrons. The van der Waals surface area contributed by atoms with E-state index >= 15 is 0 Å². The van der Waals surface area contributed by atoms with Crippen LogP contribution in [0.3, 0.4) is 0 Å². The maximum absolute atomic E-state index is 13.5. The van der Waals surface area contributed by atoms with Crippen molar-refractivity contribution in [3.8, 4) is 0 Å². The molecule has 1 aromatic heterocycles. The lowest BCUT2D eigenvalue weighted by atomic mass is 9.99. The highest BCUT2D eigenvalue weighted by molar-refractivity contribution is 7.92. The number of benzene rings is 3. The molecule has 1 atom stereocenters. The van der Waals surface area contributed by atoms with Crippen LogP contribution in [0.15, 0.2) is 108 Å². The Balaban J connectivity index is 1.40. The number of hydrogen-bond acceptors (Lipinski definition) is 3. The van der Waals surface area contributed by atoms with E-state index in [1.807, 2.05) is 47.5 Å². The van der Waals surface area contributed by atoms with Crippen molar-refractivity contribution in [2.24, 2.45) is 0 Å². The van der Waals surface area contributed by atoms with Crippen LogP contribution in [0.1, 0.15) is 27.7 Å². The lowest BCUT2D eigenvalue weighted by Crippen LogP contribution is -2.42. The van der Waals surface area contributed by atoms with Crippen LogP contribution in [-0.4, -0.2) is 30.3 Å². The highest BCUT2D eigenvalue weighted by Gasteiger charge is 2.32. The Morgan fingerprint density at radius 2 is 1.45 bits per heavy atom. The zero-order valence-electron chi connectivity index (χ0n) is 17.8. The minimum atomic E-state index is -3.69. The van der Waals surface area contributed by atoms with Gasteiger partial charge in [0.25, 0.3) is 15.9 Å². The highest BCUT2D eigenvalue weighted by Crippen LogP contribution is 2.33. The standard InChI is InChI=1S/C26H23N3O3S/c30-26(21-13-15-22(16-14-21)27-33(31,32)23-10-5-2-6-11-23)29-19-18-28-17-7-12-24(28)25(29)20-8-3-1-4-9-20/h1-17,25,27H,18-19H2. The van der Waals surface area contributed by atoms with Gasteiger partial charge in [0, 0.05) is 36.2 Å². The fourth-order valence-electron chi connectivity index (χ4n) is 4.25. The first-order valence-electron chi connectivity index (χ1n) is 10.7. The van der Waals surface area contributed by atoms with Crippen LogP contribution >= 0.6 is 0 Å². The number of nitrogens with one attached hydrogen (secondary N) is 1. The quantitative estimate of drug-likeness (QED) is 0.479. The van der Waals surface area contributed by atoms with Gasteiger partial charge in [-0.15, -0.1) is 0 Å². The van der Waals surface area contributed by atoms with E-state index in [2.05, 4.69) is 15.4 Å². The fourth-order valence-corrected chi connectivity index (χ4v) is 5.33. The van der Waals surface area contributed by atoms with Gasteiger partial charge in [-0.1, -0.05) is 48.5 Å². The minimum absolute atomic E-state index is 0.0891. The van der Waals surface area contributed by atoms with Gasteiger partial charge in [-0.25, -0.2) is 8.42 Å². The van der Waals surface area contributed by atoms with E-state index < -0.39 is 10.0 Å². The van der Waals surface area contributed by atoms with E-state index in [9.17, 15) is 13.2 Å². The first-order valence-corrected chi connectivity index (χ1v) is 12.2. The Bertz CT molecular complexity index is 1370. The molecule has 5 rings (SSSR count). The molecule has 0 saturated carbocycles. The van der Waals surface area contributed by atoms with Gasteiger partial charge in [0.1, 0.15) is 0 Å². The Hall–Kier alpha value is -3.84. The number of aromatic nitrogens is 1. The second kappa shape index (κ2) is 8.60. The van der Waals surface area contributed by atoms with Gasteiger partial charge in [-0.3, -0.25) is 9.52 Å². The number of hydrogen-bond donors (Lipinski definition) is 1. The van der Waals surface area contributed by atoms with Gasteiger partial charge < -0.3 is 9.47 Å². The van der Waals surface area contributed by atoms with Crippen LogP contribution in [0.25, 0.3) is 0 Å². The maximum Gasteiger partial charge on any atom is 0.261 e. The van der Waals surface area contributed by atoms with Crippen LogP contribution in [0.2, 0.25) is 0 Å². The van der Waals surface area contributed by atoms with Gasteiger partial charge in [-0.05, 0) is 54.1 Å². The molecule has 0 radical (unpaired) electrons. The summed E-state index contributed by atoms with van der Waals surface area (Å²) >= 11 is 0. The van der Waals surface area contributed by atoms with Crippen molar-refractivity contribution in [2.75, 3.05) is 11.3 Å².